The van der Waals surface area contributed by atoms with Crippen molar-refractivity contribution < 1.29 is 23.5 Å². The number of alkyl halides is 1. The standard InChI is InChI=1S/C19H23FN4O4/c1-19(2,11-25)21-9-15(26)24-10-13(20)8-14(24)16(27)18-23-22-17(28-18)12-6-4-3-5-7-12/h3-7,13-14,21,25H,8-11H2,1-2H3/t13-,14?/m0/s1. The zero-order valence-corrected chi connectivity index (χ0v) is 15.8. The van der Waals surface area contributed by atoms with Gasteiger partial charge in [0, 0.05) is 17.5 Å². The molecule has 1 aliphatic heterocycles. The van der Waals surface area contributed by atoms with Crippen molar-refractivity contribution in [2.75, 3.05) is 19.7 Å². The summed E-state index contributed by atoms with van der Waals surface area (Å²) in [6.07, 6.45) is -1.42. The summed E-state index contributed by atoms with van der Waals surface area (Å²) in [7, 11) is 0. The third-order valence-electron chi connectivity index (χ3n) is 4.64. The lowest BCUT2D eigenvalue weighted by atomic mass is 10.1. The molecule has 1 unspecified atom stereocenters. The highest BCUT2D eigenvalue weighted by atomic mass is 19.1. The first-order valence-corrected chi connectivity index (χ1v) is 9.03. The zero-order chi connectivity index (χ0) is 20.3. The van der Waals surface area contributed by atoms with Gasteiger partial charge in [0.25, 0.3) is 5.89 Å². The number of rotatable bonds is 7. The van der Waals surface area contributed by atoms with E-state index in [1.807, 2.05) is 6.07 Å². The predicted molar refractivity (Wildman–Crippen MR) is 98.2 cm³/mol. The van der Waals surface area contributed by atoms with Crippen LogP contribution in [0.4, 0.5) is 4.39 Å². The Kier molecular flexibility index (Phi) is 5.85. The molecule has 9 heteroatoms. The van der Waals surface area contributed by atoms with Crippen LogP contribution in [0.3, 0.4) is 0 Å². The number of halogens is 1. The van der Waals surface area contributed by atoms with Crippen molar-refractivity contribution in [3.8, 4) is 11.5 Å². The number of aliphatic hydroxyl groups excluding tert-OH is 1. The molecule has 150 valence electrons. The summed E-state index contributed by atoms with van der Waals surface area (Å²) < 4.78 is 19.5. The van der Waals surface area contributed by atoms with Crippen LogP contribution in [-0.4, -0.2) is 69.3 Å². The molecule has 2 N–H and O–H groups in total. The number of nitrogens with zero attached hydrogens (tertiary/aromatic N) is 3. The van der Waals surface area contributed by atoms with Crippen LogP contribution in [0, 0.1) is 0 Å². The summed E-state index contributed by atoms with van der Waals surface area (Å²) in [5.74, 6) is -1.07. The van der Waals surface area contributed by atoms with Gasteiger partial charge in [-0.2, -0.15) is 0 Å². The van der Waals surface area contributed by atoms with Gasteiger partial charge in [-0.15, -0.1) is 10.2 Å². The number of likely N-dealkylation sites (tertiary alicyclic amines) is 1. The number of amides is 1. The van der Waals surface area contributed by atoms with E-state index in [0.717, 1.165) is 0 Å². The molecule has 1 saturated heterocycles. The van der Waals surface area contributed by atoms with E-state index in [0.29, 0.717) is 5.56 Å². The van der Waals surface area contributed by atoms with Gasteiger partial charge in [-0.3, -0.25) is 9.59 Å². The molecule has 0 bridgehead atoms. The van der Waals surface area contributed by atoms with Crippen LogP contribution in [0.1, 0.15) is 31.0 Å². The van der Waals surface area contributed by atoms with E-state index >= 15 is 0 Å². The summed E-state index contributed by atoms with van der Waals surface area (Å²) in [5, 5.41) is 19.8. The average Bonchev–Trinajstić information content (AvgIpc) is 3.33. The van der Waals surface area contributed by atoms with E-state index in [4.69, 9.17) is 4.42 Å². The molecule has 0 radical (unpaired) electrons. The van der Waals surface area contributed by atoms with Crippen LogP contribution in [-0.2, 0) is 4.79 Å². The number of benzene rings is 1. The fourth-order valence-electron chi connectivity index (χ4n) is 2.94. The van der Waals surface area contributed by atoms with E-state index in [2.05, 4.69) is 15.5 Å². The Hall–Kier alpha value is -2.65. The van der Waals surface area contributed by atoms with E-state index in [9.17, 15) is 19.1 Å². The minimum absolute atomic E-state index is 0.114. The SMILES string of the molecule is CC(C)(CO)NCC(=O)N1C[C@@H](F)CC1C(=O)c1nnc(-c2ccccc2)o1. The Balaban J connectivity index is 1.73. The highest BCUT2D eigenvalue weighted by Crippen LogP contribution is 2.25. The molecule has 1 fully saturated rings. The second-order valence-corrected chi connectivity index (χ2v) is 7.43. The summed E-state index contributed by atoms with van der Waals surface area (Å²) >= 11 is 0. The van der Waals surface area contributed by atoms with Gasteiger partial charge in [-0.05, 0) is 26.0 Å². The topological polar surface area (TPSA) is 109 Å². The van der Waals surface area contributed by atoms with Crippen LogP contribution in [0.2, 0.25) is 0 Å². The summed E-state index contributed by atoms with van der Waals surface area (Å²) in [6, 6.07) is 7.96. The van der Waals surface area contributed by atoms with E-state index in [-0.39, 0.29) is 37.9 Å². The van der Waals surface area contributed by atoms with Crippen molar-refractivity contribution in [1.82, 2.24) is 20.4 Å². The minimum Gasteiger partial charge on any atom is -0.414 e. The van der Waals surface area contributed by atoms with Crippen molar-refractivity contribution in [3.63, 3.8) is 0 Å². The average molecular weight is 390 g/mol. The third-order valence-corrected chi connectivity index (χ3v) is 4.64. The molecule has 0 saturated carbocycles. The van der Waals surface area contributed by atoms with Gasteiger partial charge in [-0.1, -0.05) is 18.2 Å². The van der Waals surface area contributed by atoms with Crippen molar-refractivity contribution in [3.05, 3.63) is 36.2 Å². The van der Waals surface area contributed by atoms with Gasteiger partial charge in [-0.25, -0.2) is 4.39 Å². The van der Waals surface area contributed by atoms with E-state index in [1.165, 1.54) is 4.90 Å². The molecule has 0 spiro atoms. The second-order valence-electron chi connectivity index (χ2n) is 7.43. The first-order chi connectivity index (χ1) is 13.3. The number of hydrogen-bond acceptors (Lipinski definition) is 7. The highest BCUT2D eigenvalue weighted by Gasteiger charge is 2.42. The Labute approximate surface area is 161 Å². The second kappa shape index (κ2) is 8.15. The van der Waals surface area contributed by atoms with Gasteiger partial charge >= 0.3 is 0 Å². The molecule has 1 amide bonds. The number of Topliss-reactive ketones (excluding diaryl/α,β-unsaturated/α-hetero) is 1. The van der Waals surface area contributed by atoms with Gasteiger partial charge in [0.05, 0.1) is 19.7 Å². The van der Waals surface area contributed by atoms with Crippen LogP contribution in [0.25, 0.3) is 11.5 Å². The van der Waals surface area contributed by atoms with Crippen molar-refractivity contribution in [2.45, 2.75) is 38.0 Å². The van der Waals surface area contributed by atoms with Crippen molar-refractivity contribution in [2.24, 2.45) is 0 Å². The fraction of sp³-hybridized carbons (Fsp3) is 0.474. The van der Waals surface area contributed by atoms with Crippen LogP contribution in [0.15, 0.2) is 34.7 Å². The Morgan fingerprint density at radius 2 is 2.04 bits per heavy atom. The molecular formula is C19H23FN4O4. The maximum Gasteiger partial charge on any atom is 0.286 e. The Morgan fingerprint density at radius 3 is 2.71 bits per heavy atom. The summed E-state index contributed by atoms with van der Waals surface area (Å²) in [4.78, 5) is 26.5. The quantitative estimate of drug-likeness (QED) is 0.684. The lowest BCUT2D eigenvalue weighted by molar-refractivity contribution is -0.131. The predicted octanol–water partition coefficient (Wildman–Crippen LogP) is 1.22. The molecule has 2 aromatic rings. The highest BCUT2D eigenvalue weighted by molar-refractivity contribution is 5.99. The largest absolute Gasteiger partial charge is 0.414 e. The number of ketones is 1. The number of carbonyl (C=O) groups excluding carboxylic acids is 2. The lowest BCUT2D eigenvalue weighted by Gasteiger charge is -2.27. The molecule has 2 heterocycles. The zero-order valence-electron chi connectivity index (χ0n) is 15.8. The Morgan fingerprint density at radius 1 is 1.32 bits per heavy atom. The third kappa shape index (κ3) is 4.42. The van der Waals surface area contributed by atoms with Crippen LogP contribution >= 0.6 is 0 Å². The maximum atomic E-state index is 14.0. The van der Waals surface area contributed by atoms with Crippen molar-refractivity contribution in [1.29, 1.82) is 0 Å². The Bertz CT molecular complexity index is 839. The number of carbonyl (C=O) groups is 2. The lowest BCUT2D eigenvalue weighted by Crippen LogP contribution is -2.50. The van der Waals surface area contributed by atoms with Crippen molar-refractivity contribution >= 4 is 11.7 Å². The molecule has 8 nitrogen and oxygen atoms in total. The van der Waals surface area contributed by atoms with E-state index in [1.54, 1.807) is 38.1 Å². The first-order valence-electron chi connectivity index (χ1n) is 9.03. The monoisotopic (exact) mass is 390 g/mol. The van der Waals surface area contributed by atoms with E-state index < -0.39 is 29.4 Å². The molecule has 28 heavy (non-hydrogen) atoms. The van der Waals surface area contributed by atoms with Gasteiger partial charge < -0.3 is 19.7 Å². The normalized spacial score (nSPS) is 19.8. The molecule has 1 aliphatic rings. The van der Waals surface area contributed by atoms with Gasteiger partial charge in [0.2, 0.25) is 17.6 Å². The fourth-order valence-corrected chi connectivity index (χ4v) is 2.94. The van der Waals surface area contributed by atoms with Crippen LogP contribution in [0.5, 0.6) is 0 Å². The summed E-state index contributed by atoms with van der Waals surface area (Å²) in [5.41, 5.74) is -0.00615. The number of aromatic nitrogens is 2. The number of hydrogen-bond donors (Lipinski definition) is 2. The molecule has 3 rings (SSSR count). The smallest absolute Gasteiger partial charge is 0.286 e. The minimum atomic E-state index is -1.31. The molecule has 0 aliphatic carbocycles. The van der Waals surface area contributed by atoms with Gasteiger partial charge in [0.15, 0.2) is 0 Å². The first kappa shape index (κ1) is 20.1. The molecule has 2 atom stereocenters. The number of aliphatic hydroxyl groups is 1. The molecule has 1 aromatic carbocycles. The molecule has 1 aromatic heterocycles. The van der Waals surface area contributed by atoms with Crippen LogP contribution < -0.4 is 5.32 Å². The van der Waals surface area contributed by atoms with Gasteiger partial charge in [0.1, 0.15) is 12.2 Å². The molecular weight excluding hydrogens is 367 g/mol. The summed E-state index contributed by atoms with van der Waals surface area (Å²) in [6.45, 7) is 3.00. The maximum absolute atomic E-state index is 14.0. The number of nitrogens with one attached hydrogen (secondary N) is 1.